The molecule has 0 heterocycles. The van der Waals surface area contributed by atoms with Crippen LogP contribution in [0.5, 0.6) is 0 Å². The molecule has 0 fully saturated rings. The van der Waals surface area contributed by atoms with Gasteiger partial charge >= 0.3 is 5.97 Å². The van der Waals surface area contributed by atoms with Crippen molar-refractivity contribution in [1.29, 1.82) is 5.26 Å². The molecular formula is C10H7ClFNO2. The Labute approximate surface area is 91.0 Å². The molecule has 1 aromatic rings. The molecule has 1 rings (SSSR count). The van der Waals surface area contributed by atoms with Gasteiger partial charge in [0.2, 0.25) is 0 Å². The molecule has 0 aromatic heterocycles. The van der Waals surface area contributed by atoms with E-state index in [-0.39, 0.29) is 22.8 Å². The van der Waals surface area contributed by atoms with E-state index in [1.165, 1.54) is 12.1 Å². The summed E-state index contributed by atoms with van der Waals surface area (Å²) in [5.41, 5.74) is -0.498. The first kappa shape index (κ1) is 11.5. The van der Waals surface area contributed by atoms with Crippen molar-refractivity contribution >= 4 is 17.6 Å². The van der Waals surface area contributed by atoms with Gasteiger partial charge in [-0.05, 0) is 19.1 Å². The summed E-state index contributed by atoms with van der Waals surface area (Å²) in [6, 6.07) is 4.06. The molecule has 1 aromatic carbocycles. The number of esters is 1. The van der Waals surface area contributed by atoms with E-state index in [4.69, 9.17) is 16.9 Å². The van der Waals surface area contributed by atoms with Crippen LogP contribution in [0.25, 0.3) is 0 Å². The van der Waals surface area contributed by atoms with Gasteiger partial charge in [-0.15, -0.1) is 0 Å². The number of halogens is 2. The molecule has 0 unspecified atom stereocenters. The zero-order chi connectivity index (χ0) is 11.4. The zero-order valence-electron chi connectivity index (χ0n) is 7.88. The first-order chi connectivity index (χ1) is 7.11. The molecule has 0 atom stereocenters. The Morgan fingerprint density at radius 1 is 1.67 bits per heavy atom. The van der Waals surface area contributed by atoms with E-state index in [0.29, 0.717) is 0 Å². The predicted molar refractivity (Wildman–Crippen MR) is 52.1 cm³/mol. The Hall–Kier alpha value is -1.60. The highest BCUT2D eigenvalue weighted by atomic mass is 35.5. The Balaban J connectivity index is 3.26. The van der Waals surface area contributed by atoms with Crippen LogP contribution in [0.1, 0.15) is 22.8 Å². The molecule has 0 saturated carbocycles. The topological polar surface area (TPSA) is 50.1 Å². The number of nitriles is 1. The highest BCUT2D eigenvalue weighted by Gasteiger charge is 2.18. The number of carbonyl (C=O) groups is 1. The molecule has 15 heavy (non-hydrogen) atoms. The van der Waals surface area contributed by atoms with E-state index >= 15 is 0 Å². The number of hydrogen-bond donors (Lipinski definition) is 0. The van der Waals surface area contributed by atoms with Gasteiger partial charge in [0, 0.05) is 0 Å². The van der Waals surface area contributed by atoms with E-state index in [1.54, 1.807) is 13.0 Å². The third-order valence-electron chi connectivity index (χ3n) is 1.70. The second kappa shape index (κ2) is 4.76. The van der Waals surface area contributed by atoms with Crippen LogP contribution in [0, 0.1) is 17.1 Å². The average Bonchev–Trinajstić information content (AvgIpc) is 2.22. The summed E-state index contributed by atoms with van der Waals surface area (Å²) in [6.45, 7) is 1.78. The fraction of sp³-hybridized carbons (Fsp3) is 0.200. The van der Waals surface area contributed by atoms with Crippen molar-refractivity contribution < 1.29 is 13.9 Å². The standard InChI is InChI=1S/C10H7ClFNO2/c1-2-15-10(14)6-3-4-8(11)9(12)7(6)5-13/h3-4H,2H2,1H3. The lowest BCUT2D eigenvalue weighted by atomic mass is 10.1. The summed E-state index contributed by atoms with van der Waals surface area (Å²) >= 11 is 5.47. The number of carbonyl (C=O) groups excluding carboxylic acids is 1. The van der Waals surface area contributed by atoms with E-state index in [9.17, 15) is 9.18 Å². The van der Waals surface area contributed by atoms with E-state index in [2.05, 4.69) is 4.74 Å². The lowest BCUT2D eigenvalue weighted by Crippen LogP contribution is -2.08. The Morgan fingerprint density at radius 3 is 2.87 bits per heavy atom. The first-order valence-electron chi connectivity index (χ1n) is 4.17. The molecule has 0 bridgehead atoms. The molecule has 0 spiro atoms. The third-order valence-corrected chi connectivity index (χ3v) is 1.99. The van der Waals surface area contributed by atoms with Crippen molar-refractivity contribution in [3.8, 4) is 6.07 Å². The number of nitrogens with zero attached hydrogens (tertiary/aromatic N) is 1. The van der Waals surface area contributed by atoms with Crippen molar-refractivity contribution in [3.63, 3.8) is 0 Å². The summed E-state index contributed by atoms with van der Waals surface area (Å²) in [5.74, 6) is -1.63. The molecule has 0 amide bonds. The second-order valence-corrected chi connectivity index (χ2v) is 3.02. The summed E-state index contributed by atoms with van der Waals surface area (Å²) in [4.78, 5) is 11.3. The van der Waals surface area contributed by atoms with Crippen LogP contribution >= 0.6 is 11.6 Å². The van der Waals surface area contributed by atoms with Crippen LogP contribution in [0.15, 0.2) is 12.1 Å². The lowest BCUT2D eigenvalue weighted by molar-refractivity contribution is 0.0525. The van der Waals surface area contributed by atoms with E-state index in [1.807, 2.05) is 0 Å². The largest absolute Gasteiger partial charge is 0.462 e. The van der Waals surface area contributed by atoms with Gasteiger partial charge in [0.25, 0.3) is 0 Å². The maximum absolute atomic E-state index is 13.3. The molecule has 0 radical (unpaired) electrons. The minimum absolute atomic E-state index is 0.110. The van der Waals surface area contributed by atoms with Gasteiger partial charge in [0.05, 0.1) is 17.2 Å². The molecule has 0 saturated heterocycles. The van der Waals surface area contributed by atoms with Crippen molar-refractivity contribution in [2.24, 2.45) is 0 Å². The van der Waals surface area contributed by atoms with Crippen LogP contribution < -0.4 is 0 Å². The Bertz CT molecular complexity index is 440. The van der Waals surface area contributed by atoms with Crippen LogP contribution in [0.3, 0.4) is 0 Å². The number of ether oxygens (including phenoxy) is 1. The molecule has 3 nitrogen and oxygen atoms in total. The van der Waals surface area contributed by atoms with E-state index < -0.39 is 11.8 Å². The minimum atomic E-state index is -0.898. The second-order valence-electron chi connectivity index (χ2n) is 2.62. The van der Waals surface area contributed by atoms with Gasteiger partial charge in [-0.1, -0.05) is 11.6 Å². The fourth-order valence-corrected chi connectivity index (χ4v) is 1.20. The van der Waals surface area contributed by atoms with Gasteiger partial charge in [-0.25, -0.2) is 9.18 Å². The average molecular weight is 228 g/mol. The Morgan fingerprint density at radius 2 is 2.33 bits per heavy atom. The molecule has 0 aliphatic heterocycles. The highest BCUT2D eigenvalue weighted by Crippen LogP contribution is 2.21. The number of benzene rings is 1. The smallest absolute Gasteiger partial charge is 0.339 e. The van der Waals surface area contributed by atoms with Crippen LogP contribution in [-0.2, 0) is 4.74 Å². The SMILES string of the molecule is CCOC(=O)c1ccc(Cl)c(F)c1C#N. The zero-order valence-corrected chi connectivity index (χ0v) is 8.64. The monoisotopic (exact) mass is 227 g/mol. The van der Waals surface area contributed by atoms with Gasteiger partial charge in [-0.3, -0.25) is 0 Å². The Kier molecular flexibility index (Phi) is 3.64. The van der Waals surface area contributed by atoms with Crippen molar-refractivity contribution in [2.75, 3.05) is 6.61 Å². The maximum Gasteiger partial charge on any atom is 0.339 e. The van der Waals surface area contributed by atoms with Crippen molar-refractivity contribution in [3.05, 3.63) is 34.1 Å². The summed E-state index contributed by atoms with van der Waals surface area (Å²) < 4.78 is 18.0. The predicted octanol–water partition coefficient (Wildman–Crippen LogP) is 2.53. The lowest BCUT2D eigenvalue weighted by Gasteiger charge is -2.04. The fourth-order valence-electron chi connectivity index (χ4n) is 1.04. The molecular weight excluding hydrogens is 221 g/mol. The van der Waals surface area contributed by atoms with Crippen molar-refractivity contribution in [1.82, 2.24) is 0 Å². The maximum atomic E-state index is 13.3. The van der Waals surface area contributed by atoms with Gasteiger partial charge < -0.3 is 4.74 Å². The third kappa shape index (κ3) is 2.25. The highest BCUT2D eigenvalue weighted by molar-refractivity contribution is 6.31. The first-order valence-corrected chi connectivity index (χ1v) is 4.54. The molecule has 0 aliphatic carbocycles. The number of hydrogen-bond acceptors (Lipinski definition) is 3. The van der Waals surface area contributed by atoms with Gasteiger partial charge in [-0.2, -0.15) is 5.26 Å². The van der Waals surface area contributed by atoms with Crippen LogP contribution in [0.4, 0.5) is 4.39 Å². The van der Waals surface area contributed by atoms with E-state index in [0.717, 1.165) is 0 Å². The molecule has 5 heteroatoms. The van der Waals surface area contributed by atoms with Gasteiger partial charge in [0.1, 0.15) is 11.6 Å². The minimum Gasteiger partial charge on any atom is -0.462 e. The quantitative estimate of drug-likeness (QED) is 0.730. The molecule has 0 N–H and O–H groups in total. The summed E-state index contributed by atoms with van der Waals surface area (Å²) in [7, 11) is 0. The molecule has 0 aliphatic rings. The van der Waals surface area contributed by atoms with Crippen LogP contribution in [-0.4, -0.2) is 12.6 Å². The summed E-state index contributed by atoms with van der Waals surface area (Å²) in [5, 5.41) is 8.49. The number of rotatable bonds is 2. The molecule has 78 valence electrons. The normalized spacial score (nSPS) is 9.47. The van der Waals surface area contributed by atoms with Crippen LogP contribution in [0.2, 0.25) is 5.02 Å². The van der Waals surface area contributed by atoms with Gasteiger partial charge in [0.15, 0.2) is 5.82 Å². The summed E-state index contributed by atoms with van der Waals surface area (Å²) in [6.07, 6.45) is 0. The van der Waals surface area contributed by atoms with Crippen molar-refractivity contribution in [2.45, 2.75) is 6.92 Å².